The zero-order valence-electron chi connectivity index (χ0n) is 15.8. The van der Waals surface area contributed by atoms with Gasteiger partial charge in [0.1, 0.15) is 5.82 Å². The minimum Gasteiger partial charge on any atom is -0.340 e. The number of fused-ring (bicyclic) bond motifs is 1. The number of nitrogens with zero attached hydrogens (tertiary/aromatic N) is 3. The third-order valence-corrected chi connectivity index (χ3v) is 6.60. The number of halogens is 3. The maximum atomic E-state index is 14.3. The van der Waals surface area contributed by atoms with Crippen molar-refractivity contribution >= 4 is 18.1 Å². The standard InChI is InChI=1S/C20H22F3N3OS/c1-11-4-3-7-25(11)17(27)9-15-16-8-12(10-26(16)20(28)24(15)2)18-13(21)5-6-14(22)19(18)23/h5-6,11-12H,3-4,7-10H2,1-2H3/t11-,12+/m1/s1. The number of aromatic nitrogens is 2. The van der Waals surface area contributed by atoms with Crippen LogP contribution >= 0.6 is 12.2 Å². The highest BCUT2D eigenvalue weighted by Crippen LogP contribution is 2.36. The van der Waals surface area contributed by atoms with Gasteiger partial charge in [0.25, 0.3) is 0 Å². The molecule has 0 saturated carbocycles. The molecule has 1 aromatic carbocycles. The summed E-state index contributed by atoms with van der Waals surface area (Å²) in [5.41, 5.74) is 1.33. The van der Waals surface area contributed by atoms with Crippen molar-refractivity contribution in [2.75, 3.05) is 6.54 Å². The Morgan fingerprint density at radius 1 is 1.25 bits per heavy atom. The van der Waals surface area contributed by atoms with Gasteiger partial charge in [0.15, 0.2) is 16.4 Å². The van der Waals surface area contributed by atoms with Crippen LogP contribution < -0.4 is 0 Å². The van der Waals surface area contributed by atoms with Gasteiger partial charge in [0.05, 0.1) is 6.42 Å². The maximum absolute atomic E-state index is 14.3. The molecule has 0 N–H and O–H groups in total. The molecule has 28 heavy (non-hydrogen) atoms. The first-order valence-corrected chi connectivity index (χ1v) is 9.90. The average molecular weight is 409 g/mol. The molecule has 150 valence electrons. The van der Waals surface area contributed by atoms with Gasteiger partial charge in [-0.2, -0.15) is 0 Å². The number of rotatable bonds is 3. The molecule has 0 radical (unpaired) electrons. The maximum Gasteiger partial charge on any atom is 0.228 e. The van der Waals surface area contributed by atoms with Crippen molar-refractivity contribution in [1.29, 1.82) is 0 Å². The van der Waals surface area contributed by atoms with Gasteiger partial charge in [-0.05, 0) is 50.5 Å². The molecule has 0 spiro atoms. The number of carbonyl (C=O) groups excluding carboxylic acids is 1. The van der Waals surface area contributed by atoms with E-state index >= 15 is 0 Å². The predicted octanol–water partition coefficient (Wildman–Crippen LogP) is 3.87. The fourth-order valence-electron chi connectivity index (χ4n) is 4.58. The normalized spacial score (nSPS) is 21.4. The summed E-state index contributed by atoms with van der Waals surface area (Å²) in [6, 6.07) is 1.97. The molecule has 1 saturated heterocycles. The van der Waals surface area contributed by atoms with Crippen molar-refractivity contribution < 1.29 is 18.0 Å². The molecule has 1 fully saturated rings. The van der Waals surface area contributed by atoms with E-state index < -0.39 is 23.4 Å². The molecule has 8 heteroatoms. The highest BCUT2D eigenvalue weighted by Gasteiger charge is 2.34. The molecule has 3 heterocycles. The number of benzene rings is 1. The minimum atomic E-state index is -1.14. The molecule has 2 atom stereocenters. The van der Waals surface area contributed by atoms with Gasteiger partial charge < -0.3 is 14.0 Å². The van der Waals surface area contributed by atoms with Gasteiger partial charge >= 0.3 is 0 Å². The topological polar surface area (TPSA) is 30.2 Å². The first-order chi connectivity index (χ1) is 13.3. The number of hydrogen-bond donors (Lipinski definition) is 0. The quantitative estimate of drug-likeness (QED) is 0.569. The molecular weight excluding hydrogens is 387 g/mol. The van der Waals surface area contributed by atoms with Crippen LogP contribution in [0.2, 0.25) is 0 Å². The van der Waals surface area contributed by atoms with Gasteiger partial charge in [0.2, 0.25) is 5.91 Å². The smallest absolute Gasteiger partial charge is 0.228 e. The molecule has 2 aliphatic heterocycles. The summed E-state index contributed by atoms with van der Waals surface area (Å²) in [6.45, 7) is 3.07. The summed E-state index contributed by atoms with van der Waals surface area (Å²) in [4.78, 5) is 14.7. The number of imidazole rings is 1. The lowest BCUT2D eigenvalue weighted by atomic mass is 9.95. The van der Waals surface area contributed by atoms with E-state index in [-0.39, 0.29) is 30.5 Å². The number of likely N-dealkylation sites (tertiary alicyclic amines) is 1. The van der Waals surface area contributed by atoms with Crippen molar-refractivity contribution in [2.45, 2.75) is 51.1 Å². The Balaban J connectivity index is 1.65. The molecule has 4 rings (SSSR count). The van der Waals surface area contributed by atoms with E-state index in [4.69, 9.17) is 12.2 Å². The van der Waals surface area contributed by atoms with E-state index in [0.717, 1.165) is 42.9 Å². The summed E-state index contributed by atoms with van der Waals surface area (Å²) >= 11 is 5.49. The summed E-state index contributed by atoms with van der Waals surface area (Å²) in [5, 5.41) is 0. The number of amides is 1. The number of hydrogen-bond acceptors (Lipinski definition) is 2. The molecule has 4 nitrogen and oxygen atoms in total. The fourth-order valence-corrected chi connectivity index (χ4v) is 4.87. The molecule has 0 aliphatic carbocycles. The highest BCUT2D eigenvalue weighted by molar-refractivity contribution is 7.71. The lowest BCUT2D eigenvalue weighted by molar-refractivity contribution is -0.131. The Hall–Kier alpha value is -2.09. The predicted molar refractivity (Wildman–Crippen MR) is 101 cm³/mol. The molecule has 2 aliphatic rings. The SMILES string of the molecule is C[C@@H]1CCCN1C(=O)Cc1c2n(c(=S)n1C)C[C@@H](c1c(F)ccc(F)c1F)C2. The largest absolute Gasteiger partial charge is 0.340 e. The van der Waals surface area contributed by atoms with Crippen LogP contribution in [0, 0.1) is 22.2 Å². The Morgan fingerprint density at radius 2 is 1.96 bits per heavy atom. The van der Waals surface area contributed by atoms with Crippen molar-refractivity contribution in [2.24, 2.45) is 7.05 Å². The second kappa shape index (κ2) is 7.06. The first kappa shape index (κ1) is 19.2. The molecule has 1 amide bonds. The third kappa shape index (κ3) is 2.98. The average Bonchev–Trinajstić information content (AvgIpc) is 3.32. The lowest BCUT2D eigenvalue weighted by Crippen LogP contribution is -2.35. The first-order valence-electron chi connectivity index (χ1n) is 9.49. The molecule has 1 aromatic heterocycles. The third-order valence-electron chi connectivity index (χ3n) is 6.10. The van der Waals surface area contributed by atoms with E-state index in [0.29, 0.717) is 11.2 Å². The van der Waals surface area contributed by atoms with Crippen LogP contribution in [0.25, 0.3) is 0 Å². The van der Waals surface area contributed by atoms with E-state index in [2.05, 4.69) is 0 Å². The van der Waals surface area contributed by atoms with Crippen LogP contribution in [0.3, 0.4) is 0 Å². The number of carbonyl (C=O) groups is 1. The molecule has 0 unspecified atom stereocenters. The Morgan fingerprint density at radius 3 is 2.64 bits per heavy atom. The van der Waals surface area contributed by atoms with E-state index in [1.54, 1.807) is 4.57 Å². The van der Waals surface area contributed by atoms with Crippen molar-refractivity contribution in [1.82, 2.24) is 14.0 Å². The molecular formula is C20H22F3N3OS. The van der Waals surface area contributed by atoms with Crippen LogP contribution in [0.1, 0.15) is 42.6 Å². The van der Waals surface area contributed by atoms with Gasteiger partial charge in [-0.15, -0.1) is 0 Å². The Bertz CT molecular complexity index is 1010. The highest BCUT2D eigenvalue weighted by atomic mass is 32.1. The van der Waals surface area contributed by atoms with E-state index in [1.807, 2.05) is 23.4 Å². The zero-order chi connectivity index (χ0) is 20.2. The summed E-state index contributed by atoms with van der Waals surface area (Å²) < 4.78 is 46.3. The van der Waals surface area contributed by atoms with Crippen LogP contribution in [0.5, 0.6) is 0 Å². The second-order valence-corrected chi connectivity index (χ2v) is 8.12. The van der Waals surface area contributed by atoms with Crippen LogP contribution in [-0.4, -0.2) is 32.5 Å². The second-order valence-electron chi connectivity index (χ2n) is 7.76. The van der Waals surface area contributed by atoms with Crippen LogP contribution in [0.15, 0.2) is 12.1 Å². The molecule has 2 aromatic rings. The van der Waals surface area contributed by atoms with Gasteiger partial charge in [-0.25, -0.2) is 13.2 Å². The summed E-state index contributed by atoms with van der Waals surface area (Å²) in [5.74, 6) is -3.47. The van der Waals surface area contributed by atoms with E-state index in [1.165, 1.54) is 0 Å². The zero-order valence-corrected chi connectivity index (χ0v) is 16.7. The lowest BCUT2D eigenvalue weighted by Gasteiger charge is -2.21. The van der Waals surface area contributed by atoms with Crippen molar-refractivity contribution in [3.05, 3.63) is 51.3 Å². The Labute approximate surface area is 166 Å². The van der Waals surface area contributed by atoms with Crippen LogP contribution in [0.4, 0.5) is 13.2 Å². The minimum absolute atomic E-state index is 0.0376. The summed E-state index contributed by atoms with van der Waals surface area (Å²) in [7, 11) is 1.81. The van der Waals surface area contributed by atoms with Gasteiger partial charge in [-0.1, -0.05) is 0 Å². The molecule has 0 bridgehead atoms. The van der Waals surface area contributed by atoms with Crippen molar-refractivity contribution in [3.63, 3.8) is 0 Å². The van der Waals surface area contributed by atoms with Crippen LogP contribution in [-0.2, 0) is 31.2 Å². The Kier molecular flexibility index (Phi) is 4.85. The monoisotopic (exact) mass is 409 g/mol. The van der Waals surface area contributed by atoms with Gasteiger partial charge in [-0.3, -0.25) is 4.79 Å². The summed E-state index contributed by atoms with van der Waals surface area (Å²) in [6.07, 6.45) is 2.52. The van der Waals surface area contributed by atoms with Crippen molar-refractivity contribution in [3.8, 4) is 0 Å². The fraction of sp³-hybridized carbons (Fsp3) is 0.500. The van der Waals surface area contributed by atoms with Gasteiger partial charge in [0, 0.05) is 49.0 Å². The van der Waals surface area contributed by atoms with E-state index in [9.17, 15) is 18.0 Å².